The van der Waals surface area contributed by atoms with E-state index in [1.54, 1.807) is 28.9 Å². The Labute approximate surface area is 252 Å². The Morgan fingerprint density at radius 1 is 0.905 bits per heavy atom. The maximum atomic E-state index is 13.4. The van der Waals surface area contributed by atoms with E-state index in [-0.39, 0.29) is 17.9 Å². The van der Waals surface area contributed by atoms with Gasteiger partial charge in [0.1, 0.15) is 17.7 Å². The van der Waals surface area contributed by atoms with E-state index >= 15 is 0 Å². The van der Waals surface area contributed by atoms with E-state index < -0.39 is 12.1 Å². The highest BCUT2D eigenvalue weighted by atomic mass is 32.1. The summed E-state index contributed by atoms with van der Waals surface area (Å²) in [5.74, 6) is 1.52. The summed E-state index contributed by atoms with van der Waals surface area (Å²) in [6.45, 7) is 5.52. The van der Waals surface area contributed by atoms with Crippen molar-refractivity contribution in [3.63, 3.8) is 0 Å². The molecule has 2 amide bonds. The third-order valence-electron chi connectivity index (χ3n) is 8.00. The molecule has 2 saturated heterocycles. The molecule has 0 saturated carbocycles. The van der Waals surface area contributed by atoms with Gasteiger partial charge in [-0.25, -0.2) is 24.7 Å². The molecule has 0 unspecified atom stereocenters. The van der Waals surface area contributed by atoms with Crippen LogP contribution in [0.5, 0.6) is 0 Å². The molecule has 2 aliphatic rings. The summed E-state index contributed by atoms with van der Waals surface area (Å²) in [6, 6.07) is -0.518. The molecule has 2 aliphatic heterocycles. The molecule has 0 spiro atoms. The molecule has 3 atom stereocenters. The van der Waals surface area contributed by atoms with E-state index in [9.17, 15) is 9.59 Å². The largest absolute Gasteiger partial charge is 0.453 e. The Morgan fingerprint density at radius 2 is 1.48 bits per heavy atom. The van der Waals surface area contributed by atoms with Gasteiger partial charge in [-0.05, 0) is 45.2 Å². The van der Waals surface area contributed by atoms with Gasteiger partial charge in [0.25, 0.3) is 0 Å². The summed E-state index contributed by atoms with van der Waals surface area (Å²) in [5.41, 5.74) is 1.82. The lowest BCUT2D eigenvalue weighted by atomic mass is 10.0. The molecule has 6 rings (SSSR count). The zero-order chi connectivity index (χ0) is 29.4. The molecule has 2 fully saturated rings. The number of imidazole rings is 2. The lowest BCUT2D eigenvalue weighted by molar-refractivity contribution is -0.135. The number of hydrogen-bond donors (Lipinski definition) is 3. The number of aromatic amines is 2. The van der Waals surface area contributed by atoms with Gasteiger partial charge >= 0.3 is 6.09 Å². The smallest absolute Gasteiger partial charge is 0.407 e. The first-order valence-electron chi connectivity index (χ1n) is 14.2. The van der Waals surface area contributed by atoms with Crippen molar-refractivity contribution in [1.29, 1.82) is 0 Å². The molecule has 12 nitrogen and oxygen atoms in total. The van der Waals surface area contributed by atoms with Gasteiger partial charge in [-0.1, -0.05) is 13.8 Å². The lowest BCUT2D eigenvalue weighted by Crippen LogP contribution is -2.51. The van der Waals surface area contributed by atoms with Crippen LogP contribution in [0.15, 0.2) is 24.8 Å². The van der Waals surface area contributed by atoms with E-state index in [0.717, 1.165) is 68.6 Å². The molecule has 14 heteroatoms. The number of ether oxygens (including phenoxy) is 1. The number of likely N-dealkylation sites (tertiary alicyclic amines) is 2. The standard InChI is InChI=1S/C28H35N9O3S2/c1-15(2)22(35-28(39)40-4)27(38)37-10-6-8-19(37)24-30-12-17(34-24)21-14-32-26(42-21)25-31-13-20(41-25)16-11-29-23(33-16)18-7-5-9-36(18)3/h11-15,18-19,22H,5-10H2,1-4H3,(H,29,33)(H,30,34)(H,35,39)/t18-,19-,22-/m0/s1. The fourth-order valence-electron chi connectivity index (χ4n) is 5.71. The normalized spacial score (nSPS) is 20.0. The molecule has 6 heterocycles. The first kappa shape index (κ1) is 28.5. The van der Waals surface area contributed by atoms with Gasteiger partial charge < -0.3 is 24.9 Å². The van der Waals surface area contributed by atoms with Crippen molar-refractivity contribution in [1.82, 2.24) is 45.0 Å². The molecule has 3 N–H and O–H groups in total. The Bertz CT molecular complexity index is 1560. The number of H-pyrrole nitrogens is 2. The molecule has 0 radical (unpaired) electrons. The van der Waals surface area contributed by atoms with Crippen molar-refractivity contribution >= 4 is 34.7 Å². The fraction of sp³-hybridized carbons (Fsp3) is 0.500. The molecule has 0 bridgehead atoms. The zero-order valence-electron chi connectivity index (χ0n) is 24.1. The Kier molecular flexibility index (Phi) is 8.10. The van der Waals surface area contributed by atoms with E-state index in [0.29, 0.717) is 12.6 Å². The number of alkyl carbamates (subject to hydrolysis) is 1. The second-order valence-electron chi connectivity index (χ2n) is 11.1. The topological polar surface area (TPSA) is 145 Å². The zero-order valence-corrected chi connectivity index (χ0v) is 25.7. The van der Waals surface area contributed by atoms with Crippen LogP contribution in [-0.2, 0) is 9.53 Å². The highest BCUT2D eigenvalue weighted by molar-refractivity contribution is 7.24. The maximum absolute atomic E-state index is 13.4. The van der Waals surface area contributed by atoms with Gasteiger partial charge in [-0.15, -0.1) is 22.7 Å². The number of amides is 2. The van der Waals surface area contributed by atoms with Crippen LogP contribution >= 0.6 is 22.7 Å². The van der Waals surface area contributed by atoms with Crippen molar-refractivity contribution in [2.45, 2.75) is 57.7 Å². The number of hydrogen-bond acceptors (Lipinski definition) is 10. The second-order valence-corrected chi connectivity index (χ2v) is 13.2. The van der Waals surface area contributed by atoms with Crippen LogP contribution in [0.25, 0.3) is 31.2 Å². The van der Waals surface area contributed by atoms with Crippen LogP contribution in [0, 0.1) is 5.92 Å². The molecular weight excluding hydrogens is 575 g/mol. The molecule has 0 aromatic carbocycles. The minimum absolute atomic E-state index is 0.0867. The molecule has 222 valence electrons. The van der Waals surface area contributed by atoms with Crippen molar-refractivity contribution < 1.29 is 14.3 Å². The minimum Gasteiger partial charge on any atom is -0.453 e. The van der Waals surface area contributed by atoms with Crippen LogP contribution in [0.1, 0.15) is 63.3 Å². The van der Waals surface area contributed by atoms with Crippen molar-refractivity contribution in [3.8, 4) is 31.2 Å². The van der Waals surface area contributed by atoms with E-state index in [4.69, 9.17) is 4.74 Å². The van der Waals surface area contributed by atoms with Crippen LogP contribution in [0.4, 0.5) is 4.79 Å². The predicted molar refractivity (Wildman–Crippen MR) is 161 cm³/mol. The molecule has 4 aromatic heterocycles. The lowest BCUT2D eigenvalue weighted by Gasteiger charge is -2.30. The number of thiazole rings is 2. The SMILES string of the molecule is COC(=O)N[C@H](C(=O)N1CCC[C@H]1c1ncc(-c2cnc(-c3ncc(-c4cnc([C@@H]5CCCN5C)[nH]4)s3)s2)[nH]1)C(C)C. The number of carbonyl (C=O) groups is 2. The number of nitrogens with one attached hydrogen (secondary N) is 3. The van der Waals surface area contributed by atoms with Crippen LogP contribution in [0.3, 0.4) is 0 Å². The number of carbonyl (C=O) groups excluding carboxylic acids is 2. The Balaban J connectivity index is 1.16. The Hall–Kier alpha value is -3.62. The van der Waals surface area contributed by atoms with Gasteiger partial charge in [0, 0.05) is 18.9 Å². The average Bonchev–Trinajstić information content (AvgIpc) is 3.81. The van der Waals surface area contributed by atoms with Gasteiger partial charge in [-0.3, -0.25) is 9.69 Å². The minimum atomic E-state index is -0.669. The van der Waals surface area contributed by atoms with Gasteiger partial charge in [0.15, 0.2) is 10.0 Å². The van der Waals surface area contributed by atoms with Crippen molar-refractivity contribution in [2.24, 2.45) is 5.92 Å². The number of nitrogens with zero attached hydrogens (tertiary/aromatic N) is 6. The third kappa shape index (κ3) is 5.57. The Morgan fingerprint density at radius 3 is 2.02 bits per heavy atom. The quantitative estimate of drug-likeness (QED) is 0.257. The predicted octanol–water partition coefficient (Wildman–Crippen LogP) is 4.86. The summed E-state index contributed by atoms with van der Waals surface area (Å²) < 4.78 is 4.73. The van der Waals surface area contributed by atoms with E-state index in [2.05, 4.69) is 47.2 Å². The first-order chi connectivity index (χ1) is 20.3. The maximum Gasteiger partial charge on any atom is 0.407 e. The van der Waals surface area contributed by atoms with E-state index in [1.807, 2.05) is 37.3 Å². The van der Waals surface area contributed by atoms with Crippen molar-refractivity contribution in [3.05, 3.63) is 36.4 Å². The van der Waals surface area contributed by atoms with Gasteiger partial charge in [0.05, 0.1) is 52.7 Å². The highest BCUT2D eigenvalue weighted by Crippen LogP contribution is 2.38. The van der Waals surface area contributed by atoms with E-state index in [1.165, 1.54) is 13.5 Å². The van der Waals surface area contributed by atoms with Crippen molar-refractivity contribution in [2.75, 3.05) is 27.2 Å². The molecule has 4 aromatic rings. The summed E-state index contributed by atoms with van der Waals surface area (Å²) in [4.78, 5) is 56.9. The van der Waals surface area contributed by atoms with Gasteiger partial charge in [-0.2, -0.15) is 0 Å². The van der Waals surface area contributed by atoms with Crippen LogP contribution in [-0.4, -0.2) is 85.0 Å². The highest BCUT2D eigenvalue weighted by Gasteiger charge is 2.37. The number of aromatic nitrogens is 6. The summed E-state index contributed by atoms with van der Waals surface area (Å²) in [7, 11) is 3.44. The number of methoxy groups -OCH3 is 1. The average molecular weight is 610 g/mol. The summed E-state index contributed by atoms with van der Waals surface area (Å²) in [6.07, 6.45) is 10.7. The second kappa shape index (κ2) is 11.9. The van der Waals surface area contributed by atoms with Crippen LogP contribution in [0.2, 0.25) is 0 Å². The van der Waals surface area contributed by atoms with Crippen LogP contribution < -0.4 is 5.32 Å². The third-order valence-corrected chi connectivity index (χ3v) is 10.2. The molecule has 0 aliphatic carbocycles. The number of rotatable bonds is 8. The molecular formula is C28H35N9O3S2. The summed E-state index contributed by atoms with van der Waals surface area (Å²) >= 11 is 3.13. The first-order valence-corrected chi connectivity index (χ1v) is 15.8. The van der Waals surface area contributed by atoms with Gasteiger partial charge in [0.2, 0.25) is 5.91 Å². The summed E-state index contributed by atoms with van der Waals surface area (Å²) in [5, 5.41) is 4.37. The monoisotopic (exact) mass is 609 g/mol. The molecule has 42 heavy (non-hydrogen) atoms. The fourth-order valence-corrected chi connectivity index (χ4v) is 7.50.